The number of hydrogen-bond donors (Lipinski definition) is 3. The van der Waals surface area contributed by atoms with Crippen LogP contribution in [0.1, 0.15) is 12.5 Å². The van der Waals surface area contributed by atoms with Gasteiger partial charge in [0.15, 0.2) is 0 Å². The molecule has 0 radical (unpaired) electrons. The molecule has 1 aliphatic rings. The standard InChI is InChI=1S/C14H18N2O3/c1-9(11-7-15-8-11)14(19)16-12-5-3-2-4-10(12)6-13(17)18/h2-5,9,11,15H,6-8H2,1H3,(H,16,19)(H,17,18). The summed E-state index contributed by atoms with van der Waals surface area (Å²) in [6, 6.07) is 7.02. The van der Waals surface area contributed by atoms with Gasteiger partial charge in [-0.25, -0.2) is 0 Å². The molecule has 5 heteroatoms. The van der Waals surface area contributed by atoms with Crippen molar-refractivity contribution in [2.45, 2.75) is 13.3 Å². The van der Waals surface area contributed by atoms with Crippen molar-refractivity contribution in [3.05, 3.63) is 29.8 Å². The van der Waals surface area contributed by atoms with Gasteiger partial charge in [-0.05, 0) is 30.6 Å². The molecule has 1 aromatic rings. The number of carboxylic acid groups (broad SMARTS) is 1. The number of hydrogen-bond acceptors (Lipinski definition) is 3. The number of nitrogens with one attached hydrogen (secondary N) is 2. The van der Waals surface area contributed by atoms with Gasteiger partial charge >= 0.3 is 5.97 Å². The number of aliphatic carboxylic acids is 1. The zero-order chi connectivity index (χ0) is 13.8. The summed E-state index contributed by atoms with van der Waals surface area (Å²) in [5.41, 5.74) is 1.22. The van der Waals surface area contributed by atoms with Crippen LogP contribution in [0.4, 0.5) is 5.69 Å². The van der Waals surface area contributed by atoms with Crippen LogP contribution in [0, 0.1) is 11.8 Å². The van der Waals surface area contributed by atoms with E-state index in [-0.39, 0.29) is 18.2 Å². The third-order valence-corrected chi connectivity index (χ3v) is 3.55. The molecule has 1 aromatic carbocycles. The number of amides is 1. The van der Waals surface area contributed by atoms with Gasteiger partial charge in [0.25, 0.3) is 0 Å². The van der Waals surface area contributed by atoms with Crippen LogP contribution < -0.4 is 10.6 Å². The summed E-state index contributed by atoms with van der Waals surface area (Å²) in [6.07, 6.45) is -0.0875. The molecule has 1 fully saturated rings. The number of para-hydroxylation sites is 1. The molecule has 5 nitrogen and oxygen atoms in total. The molecule has 1 atom stereocenters. The number of carboxylic acids is 1. The van der Waals surface area contributed by atoms with Crippen molar-refractivity contribution in [2.24, 2.45) is 11.8 Å². The maximum Gasteiger partial charge on any atom is 0.307 e. The van der Waals surface area contributed by atoms with Gasteiger partial charge in [-0.1, -0.05) is 25.1 Å². The highest BCUT2D eigenvalue weighted by molar-refractivity contribution is 5.94. The lowest BCUT2D eigenvalue weighted by Gasteiger charge is -2.31. The zero-order valence-corrected chi connectivity index (χ0v) is 10.8. The summed E-state index contributed by atoms with van der Waals surface area (Å²) in [4.78, 5) is 22.9. The van der Waals surface area contributed by atoms with E-state index in [0.29, 0.717) is 17.2 Å². The molecule has 102 valence electrons. The molecule has 1 aliphatic heterocycles. The first-order chi connectivity index (χ1) is 9.08. The van der Waals surface area contributed by atoms with Gasteiger partial charge < -0.3 is 15.7 Å². The average Bonchev–Trinajstić information content (AvgIpc) is 2.28. The van der Waals surface area contributed by atoms with Crippen molar-refractivity contribution < 1.29 is 14.7 Å². The Morgan fingerprint density at radius 2 is 2.11 bits per heavy atom. The van der Waals surface area contributed by atoms with Gasteiger partial charge in [0.1, 0.15) is 0 Å². The second kappa shape index (κ2) is 5.84. The molecular formula is C14H18N2O3. The molecule has 1 amide bonds. The molecule has 0 aromatic heterocycles. The van der Waals surface area contributed by atoms with Crippen LogP contribution in [-0.4, -0.2) is 30.1 Å². The Kier molecular flexibility index (Phi) is 4.16. The molecule has 1 unspecified atom stereocenters. The van der Waals surface area contributed by atoms with Crippen molar-refractivity contribution >= 4 is 17.6 Å². The highest BCUT2D eigenvalue weighted by Gasteiger charge is 2.28. The fourth-order valence-electron chi connectivity index (χ4n) is 2.08. The van der Waals surface area contributed by atoms with Gasteiger partial charge in [-0.3, -0.25) is 9.59 Å². The van der Waals surface area contributed by atoms with E-state index in [2.05, 4.69) is 10.6 Å². The molecule has 0 saturated carbocycles. The average molecular weight is 262 g/mol. The van der Waals surface area contributed by atoms with E-state index in [1.807, 2.05) is 6.92 Å². The first-order valence-electron chi connectivity index (χ1n) is 6.39. The Labute approximate surface area is 112 Å². The number of anilines is 1. The van der Waals surface area contributed by atoms with Crippen molar-refractivity contribution in [1.29, 1.82) is 0 Å². The summed E-state index contributed by atoms with van der Waals surface area (Å²) in [6.45, 7) is 3.64. The van der Waals surface area contributed by atoms with Gasteiger partial charge in [0.2, 0.25) is 5.91 Å². The normalized spacial score (nSPS) is 16.5. The van der Waals surface area contributed by atoms with Crippen LogP contribution >= 0.6 is 0 Å². The fourth-order valence-corrected chi connectivity index (χ4v) is 2.08. The van der Waals surface area contributed by atoms with Crippen LogP contribution in [-0.2, 0) is 16.0 Å². The highest BCUT2D eigenvalue weighted by atomic mass is 16.4. The van der Waals surface area contributed by atoms with Gasteiger partial charge in [-0.15, -0.1) is 0 Å². The number of rotatable bonds is 5. The van der Waals surface area contributed by atoms with Gasteiger partial charge in [0, 0.05) is 11.6 Å². The lowest BCUT2D eigenvalue weighted by atomic mass is 9.88. The predicted molar refractivity (Wildman–Crippen MR) is 71.9 cm³/mol. The maximum atomic E-state index is 12.1. The topological polar surface area (TPSA) is 78.4 Å². The largest absolute Gasteiger partial charge is 0.481 e. The van der Waals surface area contributed by atoms with E-state index in [1.165, 1.54) is 0 Å². The minimum Gasteiger partial charge on any atom is -0.481 e. The Morgan fingerprint density at radius 1 is 1.42 bits per heavy atom. The molecule has 3 N–H and O–H groups in total. The first-order valence-corrected chi connectivity index (χ1v) is 6.39. The smallest absolute Gasteiger partial charge is 0.307 e. The second-order valence-corrected chi connectivity index (χ2v) is 4.92. The molecule has 0 bridgehead atoms. The van der Waals surface area contributed by atoms with E-state index in [1.54, 1.807) is 24.3 Å². The summed E-state index contributed by atoms with van der Waals surface area (Å²) in [5.74, 6) is -0.659. The van der Waals surface area contributed by atoms with Crippen molar-refractivity contribution in [1.82, 2.24) is 5.32 Å². The first kappa shape index (κ1) is 13.5. The van der Waals surface area contributed by atoms with Crippen LogP contribution in [0.15, 0.2) is 24.3 Å². The fraction of sp³-hybridized carbons (Fsp3) is 0.429. The van der Waals surface area contributed by atoms with Crippen LogP contribution in [0.5, 0.6) is 0 Å². The van der Waals surface area contributed by atoms with E-state index >= 15 is 0 Å². The monoisotopic (exact) mass is 262 g/mol. The quantitative estimate of drug-likeness (QED) is 0.742. The summed E-state index contributed by atoms with van der Waals surface area (Å²) >= 11 is 0. The number of carbonyl (C=O) groups excluding carboxylic acids is 1. The third kappa shape index (κ3) is 3.32. The Morgan fingerprint density at radius 3 is 2.68 bits per heavy atom. The second-order valence-electron chi connectivity index (χ2n) is 4.92. The van der Waals surface area contributed by atoms with Crippen molar-refractivity contribution in [2.75, 3.05) is 18.4 Å². The highest BCUT2D eigenvalue weighted by Crippen LogP contribution is 2.20. The molecular weight excluding hydrogens is 244 g/mol. The molecule has 19 heavy (non-hydrogen) atoms. The van der Waals surface area contributed by atoms with Crippen molar-refractivity contribution in [3.8, 4) is 0 Å². The molecule has 1 saturated heterocycles. The van der Waals surface area contributed by atoms with E-state index in [9.17, 15) is 9.59 Å². The van der Waals surface area contributed by atoms with E-state index in [4.69, 9.17) is 5.11 Å². The number of carbonyl (C=O) groups is 2. The molecule has 2 rings (SSSR count). The Bertz CT molecular complexity index is 483. The van der Waals surface area contributed by atoms with E-state index < -0.39 is 5.97 Å². The Hall–Kier alpha value is -1.88. The SMILES string of the molecule is CC(C(=O)Nc1ccccc1CC(=O)O)C1CNC1. The van der Waals surface area contributed by atoms with Crippen molar-refractivity contribution in [3.63, 3.8) is 0 Å². The molecule has 1 heterocycles. The minimum atomic E-state index is -0.905. The maximum absolute atomic E-state index is 12.1. The van der Waals surface area contributed by atoms with Crippen LogP contribution in [0.3, 0.4) is 0 Å². The predicted octanol–water partition coefficient (Wildman–Crippen LogP) is 1.11. The summed E-state index contributed by atoms with van der Waals surface area (Å²) in [7, 11) is 0. The number of benzene rings is 1. The zero-order valence-electron chi connectivity index (χ0n) is 10.8. The van der Waals surface area contributed by atoms with Crippen LogP contribution in [0.25, 0.3) is 0 Å². The molecule has 0 aliphatic carbocycles. The lowest BCUT2D eigenvalue weighted by Crippen LogP contribution is -2.48. The van der Waals surface area contributed by atoms with E-state index in [0.717, 1.165) is 13.1 Å². The Balaban J connectivity index is 2.05. The summed E-state index contributed by atoms with van der Waals surface area (Å²) in [5, 5.41) is 14.8. The van der Waals surface area contributed by atoms with Gasteiger partial charge in [0.05, 0.1) is 6.42 Å². The third-order valence-electron chi connectivity index (χ3n) is 3.55. The summed E-state index contributed by atoms with van der Waals surface area (Å²) < 4.78 is 0. The van der Waals surface area contributed by atoms with Gasteiger partial charge in [-0.2, -0.15) is 0 Å². The van der Waals surface area contributed by atoms with Crippen LogP contribution in [0.2, 0.25) is 0 Å². The minimum absolute atomic E-state index is 0.0515. The lowest BCUT2D eigenvalue weighted by molar-refractivity contribution is -0.136. The molecule has 0 spiro atoms.